The highest BCUT2D eigenvalue weighted by molar-refractivity contribution is 6.09. The quantitative estimate of drug-likeness (QED) is 0.647. The van der Waals surface area contributed by atoms with Crippen LogP contribution in [0.25, 0.3) is 22.4 Å². The molecule has 2 fully saturated rings. The van der Waals surface area contributed by atoms with Crippen molar-refractivity contribution >= 4 is 22.9 Å². The third-order valence-corrected chi connectivity index (χ3v) is 5.94. The first-order valence-electron chi connectivity index (χ1n) is 10.6. The second-order valence-corrected chi connectivity index (χ2v) is 8.01. The molecular formula is C23H24N4O4. The van der Waals surface area contributed by atoms with Crippen LogP contribution in [0.4, 0.5) is 0 Å². The Kier molecular flexibility index (Phi) is 5.15. The van der Waals surface area contributed by atoms with Gasteiger partial charge in [0.2, 0.25) is 0 Å². The van der Waals surface area contributed by atoms with Gasteiger partial charge in [-0.1, -0.05) is 35.5 Å². The predicted octanol–water partition coefficient (Wildman–Crippen LogP) is 2.66. The van der Waals surface area contributed by atoms with E-state index in [1.807, 2.05) is 42.2 Å². The molecule has 8 nitrogen and oxygen atoms in total. The van der Waals surface area contributed by atoms with Gasteiger partial charge in [-0.25, -0.2) is 4.98 Å². The first-order chi connectivity index (χ1) is 15.1. The summed E-state index contributed by atoms with van der Waals surface area (Å²) in [6.07, 6.45) is 1.38. The van der Waals surface area contributed by atoms with Gasteiger partial charge in [-0.05, 0) is 25.8 Å². The van der Waals surface area contributed by atoms with Crippen LogP contribution in [0.5, 0.6) is 0 Å². The van der Waals surface area contributed by atoms with Gasteiger partial charge in [-0.2, -0.15) is 0 Å². The number of piperazine rings is 1. The minimum absolute atomic E-state index is 0.0390. The molecule has 5 rings (SSSR count). The van der Waals surface area contributed by atoms with Crippen LogP contribution in [0.1, 0.15) is 28.9 Å². The van der Waals surface area contributed by atoms with E-state index in [2.05, 4.69) is 10.1 Å². The Bertz CT molecular complexity index is 1110. The number of carbonyl (C=O) groups is 2. The molecule has 8 heteroatoms. The molecule has 0 radical (unpaired) electrons. The van der Waals surface area contributed by atoms with E-state index >= 15 is 0 Å². The van der Waals surface area contributed by atoms with Gasteiger partial charge in [-0.15, -0.1) is 0 Å². The van der Waals surface area contributed by atoms with Crippen molar-refractivity contribution in [2.45, 2.75) is 25.9 Å². The summed E-state index contributed by atoms with van der Waals surface area (Å²) in [6.45, 7) is 4.45. The van der Waals surface area contributed by atoms with E-state index in [4.69, 9.17) is 9.26 Å². The van der Waals surface area contributed by atoms with Gasteiger partial charge in [0.05, 0.1) is 10.9 Å². The normalized spacial score (nSPS) is 19.2. The van der Waals surface area contributed by atoms with Crippen LogP contribution in [0.2, 0.25) is 0 Å². The number of rotatable bonds is 3. The molecule has 2 aliphatic heterocycles. The van der Waals surface area contributed by atoms with Gasteiger partial charge < -0.3 is 19.1 Å². The Balaban J connectivity index is 1.40. The third kappa shape index (κ3) is 3.67. The molecule has 2 aromatic heterocycles. The predicted molar refractivity (Wildman–Crippen MR) is 113 cm³/mol. The number of hydrogen-bond donors (Lipinski definition) is 0. The lowest BCUT2D eigenvalue weighted by atomic mass is 10.0. The van der Waals surface area contributed by atoms with Crippen molar-refractivity contribution < 1.29 is 18.8 Å². The van der Waals surface area contributed by atoms with Crippen molar-refractivity contribution in [3.8, 4) is 11.3 Å². The molecule has 0 spiro atoms. The van der Waals surface area contributed by atoms with Crippen LogP contribution in [0, 0.1) is 6.92 Å². The van der Waals surface area contributed by atoms with E-state index < -0.39 is 0 Å². The van der Waals surface area contributed by atoms with Crippen LogP contribution < -0.4 is 0 Å². The summed E-state index contributed by atoms with van der Waals surface area (Å²) in [6, 6.07) is 11.4. The molecule has 2 saturated heterocycles. The molecule has 0 saturated carbocycles. The number of fused-ring (bicyclic) bond motifs is 1. The van der Waals surface area contributed by atoms with Gasteiger partial charge >= 0.3 is 0 Å². The Morgan fingerprint density at radius 2 is 1.81 bits per heavy atom. The Morgan fingerprint density at radius 1 is 1.06 bits per heavy atom. The molecule has 1 aromatic carbocycles. The fourth-order valence-corrected chi connectivity index (χ4v) is 4.31. The van der Waals surface area contributed by atoms with Crippen LogP contribution in [0.3, 0.4) is 0 Å². The molecule has 3 aromatic rings. The van der Waals surface area contributed by atoms with Crippen molar-refractivity contribution in [2.75, 3.05) is 32.8 Å². The van der Waals surface area contributed by atoms with Gasteiger partial charge in [0.25, 0.3) is 17.5 Å². The van der Waals surface area contributed by atoms with E-state index in [-0.39, 0.29) is 17.9 Å². The van der Waals surface area contributed by atoms with Gasteiger partial charge in [0, 0.05) is 44.0 Å². The van der Waals surface area contributed by atoms with Crippen molar-refractivity contribution in [3.63, 3.8) is 0 Å². The third-order valence-electron chi connectivity index (χ3n) is 5.94. The fourth-order valence-electron chi connectivity index (χ4n) is 4.31. The summed E-state index contributed by atoms with van der Waals surface area (Å²) in [5, 5.41) is 4.82. The molecule has 0 aliphatic carbocycles. The molecule has 1 atom stereocenters. The lowest BCUT2D eigenvalue weighted by Crippen LogP contribution is -2.52. The van der Waals surface area contributed by atoms with Crippen LogP contribution in [0.15, 0.2) is 40.9 Å². The maximum absolute atomic E-state index is 13.5. The zero-order chi connectivity index (χ0) is 21.4. The number of pyridine rings is 1. The van der Waals surface area contributed by atoms with E-state index in [1.54, 1.807) is 11.0 Å². The number of nitrogens with zero attached hydrogens (tertiary/aromatic N) is 4. The minimum Gasteiger partial charge on any atom is -0.368 e. The van der Waals surface area contributed by atoms with Crippen LogP contribution >= 0.6 is 0 Å². The largest absolute Gasteiger partial charge is 0.368 e. The highest BCUT2D eigenvalue weighted by atomic mass is 16.5. The summed E-state index contributed by atoms with van der Waals surface area (Å²) < 4.78 is 11.0. The maximum Gasteiger partial charge on any atom is 0.259 e. The Labute approximate surface area is 179 Å². The van der Waals surface area contributed by atoms with Gasteiger partial charge in [0.15, 0.2) is 0 Å². The molecular weight excluding hydrogens is 396 g/mol. The summed E-state index contributed by atoms with van der Waals surface area (Å²) in [4.78, 5) is 34.1. The van der Waals surface area contributed by atoms with E-state index in [0.29, 0.717) is 60.8 Å². The number of aryl methyl sites for hydroxylation is 1. The molecule has 2 aliphatic rings. The number of hydrogen-bond acceptors (Lipinski definition) is 6. The number of benzene rings is 1. The number of ether oxygens (including phenoxy) is 1. The minimum atomic E-state index is -0.324. The van der Waals surface area contributed by atoms with E-state index in [9.17, 15) is 9.59 Å². The first-order valence-corrected chi connectivity index (χ1v) is 10.6. The lowest BCUT2D eigenvalue weighted by Gasteiger charge is -2.35. The van der Waals surface area contributed by atoms with Crippen LogP contribution in [-0.4, -0.2) is 70.6 Å². The highest BCUT2D eigenvalue weighted by Gasteiger charge is 2.32. The second-order valence-electron chi connectivity index (χ2n) is 8.01. The average Bonchev–Trinajstić information content (AvgIpc) is 3.48. The Hall–Kier alpha value is -3.26. The number of aromatic nitrogens is 2. The SMILES string of the molecule is Cc1cc(C(=O)N2CCN(C(=O)[C@@H]3CCCO3)CC2)c2c(-c3ccccc3)noc2n1. The summed E-state index contributed by atoms with van der Waals surface area (Å²) in [5.41, 5.74) is 3.06. The average molecular weight is 420 g/mol. The van der Waals surface area contributed by atoms with Crippen molar-refractivity contribution in [1.82, 2.24) is 19.9 Å². The standard InChI is InChI=1S/C23H24N4O4/c1-15-14-17(19-20(25-31-21(19)24-15)16-6-3-2-4-7-16)22(28)26-9-11-27(12-10-26)23(29)18-8-5-13-30-18/h2-4,6-7,14,18H,5,8-13H2,1H3/t18-/m0/s1. The lowest BCUT2D eigenvalue weighted by molar-refractivity contribution is -0.142. The van der Waals surface area contributed by atoms with Crippen molar-refractivity contribution in [2.24, 2.45) is 0 Å². The summed E-state index contributed by atoms with van der Waals surface area (Å²) >= 11 is 0. The molecule has 160 valence electrons. The number of carbonyl (C=O) groups excluding carboxylic acids is 2. The van der Waals surface area contributed by atoms with Crippen molar-refractivity contribution in [3.05, 3.63) is 47.7 Å². The molecule has 31 heavy (non-hydrogen) atoms. The molecule has 0 bridgehead atoms. The monoisotopic (exact) mass is 420 g/mol. The van der Waals surface area contributed by atoms with Gasteiger partial charge in [-0.3, -0.25) is 9.59 Å². The molecule has 2 amide bonds. The van der Waals surface area contributed by atoms with E-state index in [0.717, 1.165) is 18.4 Å². The number of amides is 2. The highest BCUT2D eigenvalue weighted by Crippen LogP contribution is 2.31. The second kappa shape index (κ2) is 8.11. The van der Waals surface area contributed by atoms with Gasteiger partial charge in [0.1, 0.15) is 11.8 Å². The van der Waals surface area contributed by atoms with E-state index in [1.165, 1.54) is 0 Å². The summed E-state index contributed by atoms with van der Waals surface area (Å²) in [7, 11) is 0. The zero-order valence-corrected chi connectivity index (χ0v) is 17.4. The molecule has 0 unspecified atom stereocenters. The topological polar surface area (TPSA) is 88.8 Å². The van der Waals surface area contributed by atoms with Crippen LogP contribution in [-0.2, 0) is 9.53 Å². The molecule has 0 N–H and O–H groups in total. The zero-order valence-electron chi connectivity index (χ0n) is 17.4. The smallest absolute Gasteiger partial charge is 0.259 e. The Morgan fingerprint density at radius 3 is 2.52 bits per heavy atom. The maximum atomic E-state index is 13.5. The molecule has 4 heterocycles. The first kappa shape index (κ1) is 19.7. The van der Waals surface area contributed by atoms with Crippen molar-refractivity contribution in [1.29, 1.82) is 0 Å². The summed E-state index contributed by atoms with van der Waals surface area (Å²) in [5.74, 6) is -0.0581. The fraction of sp³-hybridized carbons (Fsp3) is 0.391.